The number of hydrogen-bond donors (Lipinski definition) is 1. The number of hydrogen-bond acceptors (Lipinski definition) is 5. The number of nitrogens with zero attached hydrogens (tertiary/aromatic N) is 1. The molecule has 2 aromatic rings. The number of rotatable bonds is 8. The molecule has 0 aliphatic heterocycles. The zero-order valence-electron chi connectivity index (χ0n) is 17.2. The van der Waals surface area contributed by atoms with Gasteiger partial charge in [-0.2, -0.15) is 0 Å². The molecule has 1 fully saturated rings. The summed E-state index contributed by atoms with van der Waals surface area (Å²) in [7, 11) is 3.03. The van der Waals surface area contributed by atoms with Crippen LogP contribution in [0.3, 0.4) is 0 Å². The molecule has 0 saturated heterocycles. The van der Waals surface area contributed by atoms with Gasteiger partial charge in [-0.1, -0.05) is 0 Å². The number of aromatic nitrogens is 1. The summed E-state index contributed by atoms with van der Waals surface area (Å²) in [5.74, 6) is 0.0143. The largest absolute Gasteiger partial charge is 0.497 e. The molecule has 1 aromatic heterocycles. The van der Waals surface area contributed by atoms with E-state index in [1.807, 2.05) is 6.92 Å². The van der Waals surface area contributed by atoms with E-state index in [0.717, 1.165) is 11.3 Å². The van der Waals surface area contributed by atoms with E-state index in [-0.39, 0.29) is 0 Å². The molecule has 1 aromatic carbocycles. The number of esters is 1. The molecular formula is C22H26N2O5. The molecule has 154 valence electrons. The standard InChI is InChI=1S/C22H26N2O5/c1-14-11-16(15(2)24(14)17-6-7-17)5-10-22(26)29-13-21(25)23-19-12-18(27-3)8-9-20(19)28-4/h5,8-12,17H,6-7,13H2,1-4H3,(H,23,25)/b10-5+. The predicted molar refractivity (Wildman–Crippen MR) is 110 cm³/mol. The van der Waals surface area contributed by atoms with Crippen LogP contribution in [-0.4, -0.2) is 37.3 Å². The average Bonchev–Trinajstić information content (AvgIpc) is 3.50. The van der Waals surface area contributed by atoms with Crippen molar-refractivity contribution in [3.63, 3.8) is 0 Å². The van der Waals surface area contributed by atoms with Crippen LogP contribution in [0.25, 0.3) is 6.08 Å². The van der Waals surface area contributed by atoms with Gasteiger partial charge in [0.2, 0.25) is 0 Å². The highest BCUT2D eigenvalue weighted by atomic mass is 16.5. The second kappa shape index (κ2) is 8.86. The van der Waals surface area contributed by atoms with Gasteiger partial charge in [-0.3, -0.25) is 4.79 Å². The average molecular weight is 398 g/mol. The highest BCUT2D eigenvalue weighted by molar-refractivity contribution is 5.95. The summed E-state index contributed by atoms with van der Waals surface area (Å²) in [6.07, 6.45) is 5.48. The number of amides is 1. The molecule has 7 heteroatoms. The van der Waals surface area contributed by atoms with Crippen molar-refractivity contribution in [2.24, 2.45) is 0 Å². The predicted octanol–water partition coefficient (Wildman–Crippen LogP) is 3.65. The van der Waals surface area contributed by atoms with Crippen LogP contribution in [0.4, 0.5) is 5.69 Å². The number of aryl methyl sites for hydroxylation is 1. The lowest BCUT2D eigenvalue weighted by atomic mass is 10.2. The molecule has 0 radical (unpaired) electrons. The van der Waals surface area contributed by atoms with Crippen LogP contribution in [0.2, 0.25) is 0 Å². The second-order valence-corrected chi connectivity index (χ2v) is 6.98. The summed E-state index contributed by atoms with van der Waals surface area (Å²) >= 11 is 0. The molecule has 3 rings (SSSR count). The summed E-state index contributed by atoms with van der Waals surface area (Å²) in [6, 6.07) is 7.68. The fourth-order valence-electron chi connectivity index (χ4n) is 3.31. The summed E-state index contributed by atoms with van der Waals surface area (Å²) in [5.41, 5.74) is 3.74. The van der Waals surface area contributed by atoms with Gasteiger partial charge in [0.25, 0.3) is 5.91 Å². The van der Waals surface area contributed by atoms with Crippen molar-refractivity contribution in [3.8, 4) is 11.5 Å². The number of anilines is 1. The van der Waals surface area contributed by atoms with E-state index in [4.69, 9.17) is 14.2 Å². The van der Waals surface area contributed by atoms with Crippen LogP contribution in [-0.2, 0) is 14.3 Å². The van der Waals surface area contributed by atoms with Crippen molar-refractivity contribution in [1.82, 2.24) is 4.57 Å². The van der Waals surface area contributed by atoms with E-state index >= 15 is 0 Å². The Morgan fingerprint density at radius 3 is 2.59 bits per heavy atom. The first-order chi connectivity index (χ1) is 13.9. The smallest absolute Gasteiger partial charge is 0.331 e. The molecule has 1 amide bonds. The maximum atomic E-state index is 12.1. The van der Waals surface area contributed by atoms with Gasteiger partial charge < -0.3 is 24.1 Å². The van der Waals surface area contributed by atoms with Gasteiger partial charge in [-0.25, -0.2) is 4.79 Å². The third-order valence-electron chi connectivity index (χ3n) is 4.86. The molecule has 7 nitrogen and oxygen atoms in total. The number of carbonyl (C=O) groups excluding carboxylic acids is 2. The van der Waals surface area contributed by atoms with E-state index in [2.05, 4.69) is 22.9 Å². The maximum absolute atomic E-state index is 12.1. The van der Waals surface area contributed by atoms with Crippen LogP contribution in [0.5, 0.6) is 11.5 Å². The monoisotopic (exact) mass is 398 g/mol. The second-order valence-electron chi connectivity index (χ2n) is 6.98. The molecule has 1 aliphatic carbocycles. The fraction of sp³-hybridized carbons (Fsp3) is 0.364. The summed E-state index contributed by atoms with van der Waals surface area (Å²) in [4.78, 5) is 24.1. The number of ether oxygens (including phenoxy) is 3. The topological polar surface area (TPSA) is 78.8 Å². The Balaban J connectivity index is 1.55. The molecule has 1 saturated carbocycles. The number of nitrogens with one attached hydrogen (secondary N) is 1. The minimum Gasteiger partial charge on any atom is -0.497 e. The van der Waals surface area contributed by atoms with Gasteiger partial charge >= 0.3 is 5.97 Å². The molecule has 0 spiro atoms. The molecule has 1 aliphatic rings. The van der Waals surface area contributed by atoms with Gasteiger partial charge in [0.1, 0.15) is 11.5 Å². The first kappa shape index (κ1) is 20.5. The Hall–Kier alpha value is -3.22. The van der Waals surface area contributed by atoms with E-state index in [1.54, 1.807) is 24.3 Å². The lowest BCUT2D eigenvalue weighted by Crippen LogP contribution is -2.20. The first-order valence-electron chi connectivity index (χ1n) is 9.48. The Bertz CT molecular complexity index is 941. The molecular weight excluding hydrogens is 372 g/mol. The van der Waals surface area contributed by atoms with E-state index < -0.39 is 18.5 Å². The molecule has 0 bridgehead atoms. The minimum absolute atomic E-state index is 0.398. The Labute approximate surface area is 170 Å². The van der Waals surface area contributed by atoms with Crippen LogP contribution in [0, 0.1) is 13.8 Å². The molecule has 0 atom stereocenters. The third kappa shape index (κ3) is 4.99. The van der Waals surface area contributed by atoms with Gasteiger partial charge in [-0.05, 0) is 56.5 Å². The quantitative estimate of drug-likeness (QED) is 0.542. The third-order valence-corrected chi connectivity index (χ3v) is 4.86. The molecule has 0 unspecified atom stereocenters. The van der Waals surface area contributed by atoms with Crippen LogP contribution < -0.4 is 14.8 Å². The zero-order chi connectivity index (χ0) is 21.0. The van der Waals surface area contributed by atoms with E-state index in [0.29, 0.717) is 23.2 Å². The lowest BCUT2D eigenvalue weighted by molar-refractivity contribution is -0.142. The summed E-state index contributed by atoms with van der Waals surface area (Å²) in [5, 5.41) is 2.66. The number of benzene rings is 1. The van der Waals surface area contributed by atoms with Crippen LogP contribution >= 0.6 is 0 Å². The summed E-state index contributed by atoms with van der Waals surface area (Å²) < 4.78 is 17.7. The van der Waals surface area contributed by atoms with E-state index in [9.17, 15) is 9.59 Å². The lowest BCUT2D eigenvalue weighted by Gasteiger charge is -2.11. The van der Waals surface area contributed by atoms with Crippen molar-refractivity contribution >= 4 is 23.6 Å². The molecule has 1 N–H and O–H groups in total. The number of carbonyl (C=O) groups is 2. The normalized spacial score (nSPS) is 13.4. The van der Waals surface area contributed by atoms with Gasteiger partial charge in [0.05, 0.1) is 19.9 Å². The Morgan fingerprint density at radius 2 is 1.93 bits per heavy atom. The van der Waals surface area contributed by atoms with Crippen molar-refractivity contribution in [2.75, 3.05) is 26.1 Å². The van der Waals surface area contributed by atoms with Gasteiger partial charge in [0, 0.05) is 29.6 Å². The van der Waals surface area contributed by atoms with Gasteiger partial charge in [-0.15, -0.1) is 0 Å². The van der Waals surface area contributed by atoms with E-state index in [1.165, 1.54) is 38.8 Å². The molecule has 1 heterocycles. The first-order valence-corrected chi connectivity index (χ1v) is 9.48. The highest BCUT2D eigenvalue weighted by Gasteiger charge is 2.26. The van der Waals surface area contributed by atoms with Crippen molar-refractivity contribution in [1.29, 1.82) is 0 Å². The van der Waals surface area contributed by atoms with Crippen molar-refractivity contribution in [3.05, 3.63) is 47.3 Å². The molecule has 29 heavy (non-hydrogen) atoms. The number of methoxy groups -OCH3 is 2. The van der Waals surface area contributed by atoms with Gasteiger partial charge in [0.15, 0.2) is 6.61 Å². The zero-order valence-corrected chi connectivity index (χ0v) is 17.2. The minimum atomic E-state index is -0.575. The SMILES string of the molecule is COc1ccc(OC)c(NC(=O)COC(=O)/C=C/c2cc(C)n(C3CC3)c2C)c1. The Morgan fingerprint density at radius 1 is 1.17 bits per heavy atom. The maximum Gasteiger partial charge on any atom is 0.331 e. The fourth-order valence-corrected chi connectivity index (χ4v) is 3.31. The van der Waals surface area contributed by atoms with Crippen molar-refractivity contribution in [2.45, 2.75) is 32.7 Å². The highest BCUT2D eigenvalue weighted by Crippen LogP contribution is 2.38. The Kier molecular flexibility index (Phi) is 6.26. The summed E-state index contributed by atoms with van der Waals surface area (Å²) in [6.45, 7) is 3.72. The van der Waals surface area contributed by atoms with Crippen LogP contribution in [0.15, 0.2) is 30.3 Å². The van der Waals surface area contributed by atoms with Crippen LogP contribution in [0.1, 0.15) is 35.8 Å². The van der Waals surface area contributed by atoms with Crippen molar-refractivity contribution < 1.29 is 23.8 Å².